The van der Waals surface area contributed by atoms with Crippen LogP contribution >= 0.6 is 0 Å². The van der Waals surface area contributed by atoms with Gasteiger partial charge in [0.1, 0.15) is 5.78 Å². The summed E-state index contributed by atoms with van der Waals surface area (Å²) in [7, 11) is 0. The molecule has 2 saturated carbocycles. The Kier molecular flexibility index (Phi) is 4.46. The summed E-state index contributed by atoms with van der Waals surface area (Å²) in [5, 5.41) is 4.52. The van der Waals surface area contributed by atoms with Crippen molar-refractivity contribution in [3.63, 3.8) is 0 Å². The van der Waals surface area contributed by atoms with Gasteiger partial charge in [-0.05, 0) is 51.0 Å². The first kappa shape index (κ1) is 14.8. The molecular formula is C18H28N2O. The quantitative estimate of drug-likeness (QED) is 0.833. The summed E-state index contributed by atoms with van der Waals surface area (Å²) < 4.78 is 1.95. The molecule has 21 heavy (non-hydrogen) atoms. The van der Waals surface area contributed by atoms with E-state index in [1.54, 1.807) is 0 Å². The van der Waals surface area contributed by atoms with Crippen molar-refractivity contribution in [3.8, 4) is 0 Å². The van der Waals surface area contributed by atoms with Gasteiger partial charge in [0.2, 0.25) is 0 Å². The zero-order chi connectivity index (χ0) is 14.8. The van der Waals surface area contributed by atoms with Gasteiger partial charge in [0.05, 0.1) is 12.1 Å². The second kappa shape index (κ2) is 6.33. The van der Waals surface area contributed by atoms with Gasteiger partial charge in [-0.2, -0.15) is 5.10 Å². The van der Waals surface area contributed by atoms with E-state index in [0.717, 1.165) is 30.4 Å². The van der Waals surface area contributed by atoms with Crippen molar-refractivity contribution in [2.24, 2.45) is 17.8 Å². The van der Waals surface area contributed by atoms with Crippen molar-refractivity contribution in [2.75, 3.05) is 0 Å². The Morgan fingerprint density at radius 3 is 2.71 bits per heavy atom. The van der Waals surface area contributed by atoms with Crippen LogP contribution in [-0.2, 0) is 11.2 Å². The standard InChI is InChI=1S/C18H28N2O/c1-13(2)20-10-9-17(19-20)12-18(21)16-8-7-14-5-3-4-6-15(14)11-16/h9-10,13-16H,3-8,11-12H2,1-2H3. The molecule has 1 heterocycles. The van der Waals surface area contributed by atoms with Gasteiger partial charge < -0.3 is 0 Å². The molecule has 0 amide bonds. The first-order valence-electron chi connectivity index (χ1n) is 8.70. The summed E-state index contributed by atoms with van der Waals surface area (Å²) in [6.45, 7) is 4.23. The predicted molar refractivity (Wildman–Crippen MR) is 84.1 cm³/mol. The summed E-state index contributed by atoms with van der Waals surface area (Å²) in [6, 6.07) is 2.37. The molecule has 0 aromatic carbocycles. The van der Waals surface area contributed by atoms with E-state index >= 15 is 0 Å². The minimum absolute atomic E-state index is 0.300. The minimum atomic E-state index is 0.300. The van der Waals surface area contributed by atoms with E-state index in [4.69, 9.17) is 0 Å². The van der Waals surface area contributed by atoms with Gasteiger partial charge in [-0.1, -0.05) is 25.7 Å². The van der Waals surface area contributed by atoms with Crippen molar-refractivity contribution < 1.29 is 4.79 Å². The van der Waals surface area contributed by atoms with Crippen molar-refractivity contribution >= 4 is 5.78 Å². The Morgan fingerprint density at radius 1 is 1.24 bits per heavy atom. The monoisotopic (exact) mass is 288 g/mol. The maximum absolute atomic E-state index is 12.6. The van der Waals surface area contributed by atoms with E-state index in [1.807, 2.05) is 16.9 Å². The molecule has 2 aliphatic carbocycles. The van der Waals surface area contributed by atoms with Crippen LogP contribution in [0.25, 0.3) is 0 Å². The first-order valence-corrected chi connectivity index (χ1v) is 8.70. The second-order valence-electron chi connectivity index (χ2n) is 7.34. The van der Waals surface area contributed by atoms with Crippen LogP contribution in [0.2, 0.25) is 0 Å². The van der Waals surface area contributed by atoms with Crippen LogP contribution in [0.3, 0.4) is 0 Å². The Balaban J connectivity index is 1.57. The average Bonchev–Trinajstić information content (AvgIpc) is 2.95. The number of hydrogen-bond donors (Lipinski definition) is 0. The van der Waals surface area contributed by atoms with E-state index in [2.05, 4.69) is 18.9 Å². The highest BCUT2D eigenvalue weighted by Crippen LogP contribution is 2.43. The zero-order valence-corrected chi connectivity index (χ0v) is 13.4. The number of fused-ring (bicyclic) bond motifs is 1. The Hall–Kier alpha value is -1.12. The van der Waals surface area contributed by atoms with Crippen molar-refractivity contribution in [1.82, 2.24) is 9.78 Å². The van der Waals surface area contributed by atoms with Gasteiger partial charge in [0, 0.05) is 18.2 Å². The highest BCUT2D eigenvalue weighted by atomic mass is 16.1. The molecule has 3 nitrogen and oxygen atoms in total. The van der Waals surface area contributed by atoms with E-state index in [0.29, 0.717) is 24.2 Å². The highest BCUT2D eigenvalue weighted by Gasteiger charge is 2.34. The fourth-order valence-corrected chi connectivity index (χ4v) is 4.25. The third kappa shape index (κ3) is 3.38. The van der Waals surface area contributed by atoms with Crippen molar-refractivity contribution in [1.29, 1.82) is 0 Å². The van der Waals surface area contributed by atoms with Gasteiger partial charge >= 0.3 is 0 Å². The molecule has 0 N–H and O–H groups in total. The van der Waals surface area contributed by atoms with Gasteiger partial charge in [-0.3, -0.25) is 9.48 Å². The lowest BCUT2D eigenvalue weighted by Gasteiger charge is -2.38. The number of rotatable bonds is 4. The number of hydrogen-bond acceptors (Lipinski definition) is 2. The minimum Gasteiger partial charge on any atom is -0.299 e. The summed E-state index contributed by atoms with van der Waals surface area (Å²) in [5.74, 6) is 2.47. The largest absolute Gasteiger partial charge is 0.299 e. The smallest absolute Gasteiger partial charge is 0.141 e. The van der Waals surface area contributed by atoms with Crippen LogP contribution in [0.4, 0.5) is 0 Å². The number of aromatic nitrogens is 2. The number of ketones is 1. The van der Waals surface area contributed by atoms with Gasteiger partial charge in [0.25, 0.3) is 0 Å². The highest BCUT2D eigenvalue weighted by molar-refractivity contribution is 5.83. The number of carbonyl (C=O) groups is 1. The SMILES string of the molecule is CC(C)n1ccc(CC(=O)C2CCC3CCCCC3C2)n1. The molecule has 3 unspecified atom stereocenters. The average molecular weight is 288 g/mol. The fourth-order valence-electron chi connectivity index (χ4n) is 4.25. The Bertz CT molecular complexity index is 491. The third-order valence-electron chi connectivity index (χ3n) is 5.54. The number of nitrogens with zero attached hydrogens (tertiary/aromatic N) is 2. The molecule has 2 fully saturated rings. The van der Waals surface area contributed by atoms with Gasteiger partial charge in [-0.25, -0.2) is 0 Å². The fraction of sp³-hybridized carbons (Fsp3) is 0.778. The van der Waals surface area contributed by atoms with Crippen molar-refractivity contribution in [3.05, 3.63) is 18.0 Å². The van der Waals surface area contributed by atoms with E-state index in [1.165, 1.54) is 32.1 Å². The van der Waals surface area contributed by atoms with Crippen LogP contribution in [0.15, 0.2) is 12.3 Å². The van der Waals surface area contributed by atoms with Crippen LogP contribution in [0, 0.1) is 17.8 Å². The molecule has 3 atom stereocenters. The lowest BCUT2D eigenvalue weighted by atomic mass is 9.66. The van der Waals surface area contributed by atoms with E-state index in [-0.39, 0.29) is 0 Å². The Labute approximate surface area is 128 Å². The predicted octanol–water partition coefficient (Wildman–Crippen LogP) is 4.18. The summed E-state index contributed by atoms with van der Waals surface area (Å²) in [5.41, 5.74) is 0.944. The van der Waals surface area contributed by atoms with E-state index in [9.17, 15) is 4.79 Å². The molecule has 2 aliphatic rings. The molecule has 0 spiro atoms. The molecule has 1 aromatic rings. The van der Waals surface area contributed by atoms with Gasteiger partial charge in [-0.15, -0.1) is 0 Å². The number of carbonyl (C=O) groups excluding carboxylic acids is 1. The number of Topliss-reactive ketones (excluding diaryl/α,β-unsaturated/α-hetero) is 1. The maximum atomic E-state index is 12.6. The van der Waals surface area contributed by atoms with Crippen LogP contribution in [0.1, 0.15) is 70.5 Å². The molecule has 116 valence electrons. The van der Waals surface area contributed by atoms with Crippen LogP contribution < -0.4 is 0 Å². The molecule has 3 rings (SSSR count). The summed E-state index contributed by atoms with van der Waals surface area (Å²) in [4.78, 5) is 12.6. The molecule has 0 bridgehead atoms. The lowest BCUT2D eigenvalue weighted by molar-refractivity contribution is -0.124. The first-order chi connectivity index (χ1) is 10.1. The maximum Gasteiger partial charge on any atom is 0.141 e. The molecule has 0 saturated heterocycles. The Morgan fingerprint density at radius 2 is 2.00 bits per heavy atom. The van der Waals surface area contributed by atoms with Crippen LogP contribution in [-0.4, -0.2) is 15.6 Å². The van der Waals surface area contributed by atoms with Crippen LogP contribution in [0.5, 0.6) is 0 Å². The van der Waals surface area contributed by atoms with Gasteiger partial charge in [0.15, 0.2) is 0 Å². The molecule has 1 aromatic heterocycles. The topological polar surface area (TPSA) is 34.9 Å². The van der Waals surface area contributed by atoms with E-state index < -0.39 is 0 Å². The second-order valence-corrected chi connectivity index (χ2v) is 7.34. The molecular weight excluding hydrogens is 260 g/mol. The molecule has 0 radical (unpaired) electrons. The van der Waals surface area contributed by atoms with Crippen molar-refractivity contribution in [2.45, 2.75) is 71.3 Å². The summed E-state index contributed by atoms with van der Waals surface area (Å²) >= 11 is 0. The molecule has 3 heteroatoms. The lowest BCUT2D eigenvalue weighted by Crippen LogP contribution is -2.31. The zero-order valence-electron chi connectivity index (χ0n) is 13.4. The third-order valence-corrected chi connectivity index (χ3v) is 5.54. The summed E-state index contributed by atoms with van der Waals surface area (Å²) in [6.07, 6.45) is 11.6. The molecule has 0 aliphatic heterocycles. The normalized spacial score (nSPS) is 29.4.